The van der Waals surface area contributed by atoms with Crippen LogP contribution in [0, 0.1) is 0 Å². The van der Waals surface area contributed by atoms with Gasteiger partial charge in [0.15, 0.2) is 0 Å². The molecule has 7 heteroatoms. The molecule has 2 unspecified atom stereocenters. The number of nitrogens with zero attached hydrogens (tertiary/aromatic N) is 1. The largest absolute Gasteiger partial charge is 0.378 e. The highest BCUT2D eigenvalue weighted by atomic mass is 32.2. The zero-order valence-electron chi connectivity index (χ0n) is 20.2. The number of anilines is 1. The Morgan fingerprint density at radius 2 is 1.91 bits per heavy atom. The molecule has 0 aliphatic carbocycles. The van der Waals surface area contributed by atoms with Crippen LogP contribution in [0.2, 0.25) is 0 Å². The summed E-state index contributed by atoms with van der Waals surface area (Å²) >= 11 is 0. The maximum absolute atomic E-state index is 13.5. The molecular formula is C28H37N3O3S. The van der Waals surface area contributed by atoms with Crippen LogP contribution in [0.15, 0.2) is 84.3 Å². The first-order valence-corrected chi connectivity index (χ1v) is 13.6. The molecule has 4 rings (SSSR count). The van der Waals surface area contributed by atoms with Gasteiger partial charge < -0.3 is 15.4 Å². The molecular weight excluding hydrogens is 458 g/mol. The molecule has 1 fully saturated rings. The molecule has 0 radical (unpaired) electrons. The van der Waals surface area contributed by atoms with Crippen molar-refractivity contribution in [2.24, 2.45) is 0 Å². The Morgan fingerprint density at radius 3 is 2.54 bits per heavy atom. The first-order valence-electron chi connectivity index (χ1n) is 11.7. The Kier molecular flexibility index (Phi) is 7.60. The first-order chi connectivity index (χ1) is 16.8. The van der Waals surface area contributed by atoms with E-state index in [1.54, 1.807) is 42.5 Å². The second kappa shape index (κ2) is 10.6. The number of urea groups is 1. The van der Waals surface area contributed by atoms with Crippen LogP contribution in [-0.4, -0.2) is 46.3 Å². The second-order valence-corrected chi connectivity index (χ2v) is 11.5. The number of amides is 2. The standard InChI is InChI=1S/C28H33N3O3S.2H2/c1-5-7-22(6-2)20(3)29-28(32)30-25-10-12-27(13-11-25)35(4,33)19-21-8-9-23-15-31(16-24(23)14-21)26-17-34-18-26;;/h5-14,20,26H,1-2,4,15-19H2,3H3,(H2,29,30,32);2*1H/b22-7+;;. The van der Waals surface area contributed by atoms with Gasteiger partial charge in [-0.25, -0.2) is 4.79 Å². The summed E-state index contributed by atoms with van der Waals surface area (Å²) in [5.41, 5.74) is 5.13. The lowest BCUT2D eigenvalue weighted by molar-refractivity contribution is -0.0669. The van der Waals surface area contributed by atoms with E-state index in [1.807, 2.05) is 6.92 Å². The third-order valence-electron chi connectivity index (χ3n) is 6.49. The van der Waals surface area contributed by atoms with Gasteiger partial charge in [-0.15, -0.1) is 0 Å². The third-order valence-corrected chi connectivity index (χ3v) is 8.42. The van der Waals surface area contributed by atoms with Gasteiger partial charge in [-0.2, -0.15) is 0 Å². The van der Waals surface area contributed by atoms with Crippen molar-refractivity contribution in [3.63, 3.8) is 0 Å². The van der Waals surface area contributed by atoms with Gasteiger partial charge in [-0.05, 0) is 59.3 Å². The summed E-state index contributed by atoms with van der Waals surface area (Å²) in [5, 5.41) is 5.67. The summed E-state index contributed by atoms with van der Waals surface area (Å²) < 4.78 is 18.8. The molecule has 0 spiro atoms. The lowest BCUT2D eigenvalue weighted by Crippen LogP contribution is -2.46. The summed E-state index contributed by atoms with van der Waals surface area (Å²) in [6.07, 6.45) is 5.15. The molecule has 2 atom stereocenters. The van der Waals surface area contributed by atoms with Crippen molar-refractivity contribution in [1.29, 1.82) is 0 Å². The van der Waals surface area contributed by atoms with Gasteiger partial charge in [-0.1, -0.05) is 49.6 Å². The van der Waals surface area contributed by atoms with Gasteiger partial charge >= 0.3 is 6.03 Å². The second-order valence-electron chi connectivity index (χ2n) is 9.11. The number of benzene rings is 2. The summed E-state index contributed by atoms with van der Waals surface area (Å²) in [6.45, 7) is 12.8. The van der Waals surface area contributed by atoms with Crippen molar-refractivity contribution in [2.75, 3.05) is 18.5 Å². The fourth-order valence-corrected chi connectivity index (χ4v) is 5.88. The summed E-state index contributed by atoms with van der Waals surface area (Å²) in [5.74, 6) is 4.42. The number of hydrogen-bond donors (Lipinski definition) is 2. The number of ether oxygens (including phenoxy) is 1. The molecule has 2 amide bonds. The average Bonchev–Trinajstić information content (AvgIpc) is 3.18. The van der Waals surface area contributed by atoms with Crippen LogP contribution >= 0.6 is 0 Å². The lowest BCUT2D eigenvalue weighted by Gasteiger charge is -2.34. The Labute approximate surface area is 211 Å². The molecule has 0 saturated carbocycles. The number of nitrogens with one attached hydrogen (secondary N) is 2. The highest BCUT2D eigenvalue weighted by Gasteiger charge is 2.30. The topological polar surface area (TPSA) is 70.7 Å². The van der Waals surface area contributed by atoms with E-state index in [-0.39, 0.29) is 14.9 Å². The Morgan fingerprint density at radius 1 is 1.20 bits per heavy atom. The number of hydrogen-bond acceptors (Lipinski definition) is 4. The van der Waals surface area contributed by atoms with Crippen LogP contribution in [0.4, 0.5) is 10.5 Å². The lowest BCUT2D eigenvalue weighted by atomic mass is 10.1. The predicted octanol–water partition coefficient (Wildman–Crippen LogP) is 4.98. The Balaban J connectivity index is 0.00000241. The van der Waals surface area contributed by atoms with Crippen LogP contribution in [0.3, 0.4) is 0 Å². The van der Waals surface area contributed by atoms with Crippen molar-refractivity contribution in [3.8, 4) is 0 Å². The first kappa shape index (κ1) is 25.0. The molecule has 2 N–H and O–H groups in total. The van der Waals surface area contributed by atoms with Gasteiger partial charge in [0, 0.05) is 41.8 Å². The van der Waals surface area contributed by atoms with E-state index in [4.69, 9.17) is 4.74 Å². The SMILES string of the molecule is C=C/C=C(\C=C)C(C)NC(=O)Nc1ccc(S(=C)(=O)Cc2ccc3c(c2)CN(C2COC2)C3)cc1.[HH].[HH]. The van der Waals surface area contributed by atoms with Crippen molar-refractivity contribution in [2.45, 2.75) is 42.7 Å². The smallest absolute Gasteiger partial charge is 0.319 e. The van der Waals surface area contributed by atoms with Crippen LogP contribution in [0.5, 0.6) is 0 Å². The quantitative estimate of drug-likeness (QED) is 0.380. The van der Waals surface area contributed by atoms with E-state index in [2.05, 4.69) is 52.8 Å². The molecule has 6 nitrogen and oxygen atoms in total. The molecule has 0 aromatic heterocycles. The number of carbonyl (C=O) groups is 1. The number of fused-ring (bicyclic) bond motifs is 1. The molecule has 0 bridgehead atoms. The number of rotatable bonds is 9. The Bertz CT molecular complexity index is 1260. The van der Waals surface area contributed by atoms with Crippen LogP contribution in [-0.2, 0) is 33.1 Å². The van der Waals surface area contributed by atoms with Gasteiger partial charge in [-0.3, -0.25) is 9.11 Å². The predicted molar refractivity (Wildman–Crippen MR) is 148 cm³/mol. The van der Waals surface area contributed by atoms with Gasteiger partial charge in [0.25, 0.3) is 0 Å². The van der Waals surface area contributed by atoms with Crippen LogP contribution in [0.1, 0.15) is 26.5 Å². The monoisotopic (exact) mass is 495 g/mol. The zero-order chi connectivity index (χ0) is 25.0. The molecule has 1 saturated heterocycles. The summed E-state index contributed by atoms with van der Waals surface area (Å²) in [6, 6.07) is 13.4. The fourth-order valence-electron chi connectivity index (χ4n) is 4.37. The van der Waals surface area contributed by atoms with Crippen molar-refractivity contribution in [1.82, 2.24) is 10.2 Å². The normalized spacial score (nSPS) is 18.6. The Hall–Kier alpha value is -3.13. The van der Waals surface area contributed by atoms with E-state index in [0.717, 1.165) is 37.4 Å². The van der Waals surface area contributed by atoms with Gasteiger partial charge in [0.2, 0.25) is 0 Å². The van der Waals surface area contributed by atoms with E-state index in [0.29, 0.717) is 22.4 Å². The number of carbonyl (C=O) groups excluding carboxylic acids is 1. The summed E-state index contributed by atoms with van der Waals surface area (Å²) in [4.78, 5) is 15.5. The van der Waals surface area contributed by atoms with Crippen molar-refractivity contribution in [3.05, 3.63) is 96.1 Å². The molecule has 2 aliphatic rings. The minimum absolute atomic E-state index is 0. The van der Waals surface area contributed by atoms with E-state index >= 15 is 0 Å². The molecule has 2 aromatic rings. The van der Waals surface area contributed by atoms with Gasteiger partial charge in [0.1, 0.15) is 0 Å². The molecule has 2 heterocycles. The minimum Gasteiger partial charge on any atom is -0.378 e. The van der Waals surface area contributed by atoms with Crippen molar-refractivity contribution >= 4 is 27.1 Å². The van der Waals surface area contributed by atoms with Crippen LogP contribution < -0.4 is 10.6 Å². The summed E-state index contributed by atoms with van der Waals surface area (Å²) in [7, 11) is -2.53. The zero-order valence-corrected chi connectivity index (χ0v) is 21.0. The van der Waals surface area contributed by atoms with Gasteiger partial charge in [0.05, 0.1) is 25.3 Å². The number of allylic oxidation sites excluding steroid dienone is 2. The molecule has 188 valence electrons. The van der Waals surface area contributed by atoms with E-state index < -0.39 is 9.52 Å². The van der Waals surface area contributed by atoms with E-state index in [9.17, 15) is 9.00 Å². The highest BCUT2D eigenvalue weighted by Crippen LogP contribution is 2.29. The fraction of sp³-hybridized carbons (Fsp3) is 0.286. The highest BCUT2D eigenvalue weighted by molar-refractivity contribution is 7.99. The molecule has 2 aliphatic heterocycles. The minimum atomic E-state index is -2.53. The maximum Gasteiger partial charge on any atom is 0.319 e. The van der Waals surface area contributed by atoms with Crippen molar-refractivity contribution < 1.29 is 16.6 Å². The average molecular weight is 496 g/mol. The van der Waals surface area contributed by atoms with Crippen LogP contribution in [0.25, 0.3) is 0 Å². The van der Waals surface area contributed by atoms with E-state index in [1.165, 1.54) is 11.1 Å². The third kappa shape index (κ3) is 5.93. The maximum atomic E-state index is 13.5. The molecule has 2 aromatic carbocycles. The molecule has 35 heavy (non-hydrogen) atoms.